The molecule has 24 heavy (non-hydrogen) atoms. The standard InChI is InChI=1S/C18H15ClN4O/c1-12-3-2-4-15(11-12)22-18-20-10-9-16(23-18)17(24)21-14-7-5-13(19)6-8-14/h2-11H,1H3,(H,21,24)(H,20,22,23). The van der Waals surface area contributed by atoms with E-state index in [1.54, 1.807) is 36.5 Å². The number of hydrogen-bond acceptors (Lipinski definition) is 4. The number of aryl methyl sites for hydroxylation is 1. The Labute approximate surface area is 144 Å². The number of nitrogens with one attached hydrogen (secondary N) is 2. The van der Waals surface area contributed by atoms with E-state index in [1.807, 2.05) is 31.2 Å². The molecule has 6 heteroatoms. The van der Waals surface area contributed by atoms with Crippen LogP contribution in [-0.2, 0) is 0 Å². The fraction of sp³-hybridized carbons (Fsp3) is 0.0556. The molecule has 2 aromatic carbocycles. The molecule has 2 N–H and O–H groups in total. The number of benzene rings is 2. The van der Waals surface area contributed by atoms with E-state index in [2.05, 4.69) is 20.6 Å². The lowest BCUT2D eigenvalue weighted by Gasteiger charge is -2.08. The van der Waals surface area contributed by atoms with Gasteiger partial charge in [-0.25, -0.2) is 9.97 Å². The molecule has 1 amide bonds. The molecule has 0 spiro atoms. The van der Waals surface area contributed by atoms with E-state index in [-0.39, 0.29) is 11.6 Å². The zero-order valence-electron chi connectivity index (χ0n) is 13.0. The third kappa shape index (κ3) is 4.08. The zero-order chi connectivity index (χ0) is 16.9. The Morgan fingerprint density at radius 3 is 2.58 bits per heavy atom. The second kappa shape index (κ2) is 7.10. The molecule has 3 rings (SSSR count). The normalized spacial score (nSPS) is 10.2. The van der Waals surface area contributed by atoms with Crippen LogP contribution in [0.2, 0.25) is 5.02 Å². The summed E-state index contributed by atoms with van der Waals surface area (Å²) in [4.78, 5) is 20.7. The van der Waals surface area contributed by atoms with E-state index in [0.29, 0.717) is 16.7 Å². The summed E-state index contributed by atoms with van der Waals surface area (Å²) in [5.74, 6) is 0.0522. The highest BCUT2D eigenvalue weighted by Gasteiger charge is 2.09. The first-order chi connectivity index (χ1) is 11.6. The second-order valence-corrected chi connectivity index (χ2v) is 5.66. The highest BCUT2D eigenvalue weighted by atomic mass is 35.5. The molecule has 0 aliphatic rings. The van der Waals surface area contributed by atoms with Gasteiger partial charge in [0, 0.05) is 22.6 Å². The van der Waals surface area contributed by atoms with Crippen molar-refractivity contribution in [1.82, 2.24) is 9.97 Å². The first-order valence-electron chi connectivity index (χ1n) is 7.34. The summed E-state index contributed by atoms with van der Waals surface area (Å²) >= 11 is 5.83. The van der Waals surface area contributed by atoms with Gasteiger partial charge >= 0.3 is 0 Å². The fourth-order valence-corrected chi connectivity index (χ4v) is 2.25. The highest BCUT2D eigenvalue weighted by Crippen LogP contribution is 2.16. The van der Waals surface area contributed by atoms with Crippen LogP contribution >= 0.6 is 11.6 Å². The van der Waals surface area contributed by atoms with Gasteiger partial charge in [0.1, 0.15) is 5.69 Å². The monoisotopic (exact) mass is 338 g/mol. The molecular weight excluding hydrogens is 324 g/mol. The minimum absolute atomic E-state index is 0.273. The molecule has 0 fully saturated rings. The third-order valence-corrected chi connectivity index (χ3v) is 3.52. The molecular formula is C18H15ClN4O. The highest BCUT2D eigenvalue weighted by molar-refractivity contribution is 6.30. The Hall–Kier alpha value is -2.92. The summed E-state index contributed by atoms with van der Waals surface area (Å²) in [6.07, 6.45) is 1.54. The van der Waals surface area contributed by atoms with Crippen molar-refractivity contribution >= 4 is 34.8 Å². The van der Waals surface area contributed by atoms with Crippen molar-refractivity contribution in [1.29, 1.82) is 0 Å². The lowest BCUT2D eigenvalue weighted by Crippen LogP contribution is -2.14. The Kier molecular flexibility index (Phi) is 4.72. The SMILES string of the molecule is Cc1cccc(Nc2nccc(C(=O)Nc3ccc(Cl)cc3)n2)c1. The first kappa shape index (κ1) is 16.0. The smallest absolute Gasteiger partial charge is 0.274 e. The van der Waals surface area contributed by atoms with E-state index in [1.165, 1.54) is 0 Å². The maximum atomic E-state index is 12.3. The predicted molar refractivity (Wildman–Crippen MR) is 95.9 cm³/mol. The van der Waals surface area contributed by atoms with Gasteiger partial charge in [0.2, 0.25) is 5.95 Å². The molecule has 0 radical (unpaired) electrons. The molecule has 0 aliphatic carbocycles. The van der Waals surface area contributed by atoms with Crippen LogP contribution in [0.3, 0.4) is 0 Å². The number of nitrogens with zero attached hydrogens (tertiary/aromatic N) is 2. The third-order valence-electron chi connectivity index (χ3n) is 3.26. The lowest BCUT2D eigenvalue weighted by molar-refractivity contribution is 0.102. The Morgan fingerprint density at radius 2 is 1.83 bits per heavy atom. The average molecular weight is 339 g/mol. The predicted octanol–water partition coefficient (Wildman–Crippen LogP) is 4.43. The van der Waals surface area contributed by atoms with E-state index in [0.717, 1.165) is 11.3 Å². The van der Waals surface area contributed by atoms with Crippen LogP contribution in [0.5, 0.6) is 0 Å². The van der Waals surface area contributed by atoms with Gasteiger partial charge in [-0.05, 0) is 55.0 Å². The van der Waals surface area contributed by atoms with Crippen molar-refractivity contribution in [2.45, 2.75) is 6.92 Å². The van der Waals surface area contributed by atoms with Gasteiger partial charge in [-0.3, -0.25) is 4.79 Å². The summed E-state index contributed by atoms with van der Waals surface area (Å²) in [6.45, 7) is 2.00. The molecule has 3 aromatic rings. The summed E-state index contributed by atoms with van der Waals surface area (Å²) in [7, 11) is 0. The second-order valence-electron chi connectivity index (χ2n) is 5.22. The van der Waals surface area contributed by atoms with Crippen LogP contribution in [0.4, 0.5) is 17.3 Å². The van der Waals surface area contributed by atoms with Crippen LogP contribution in [-0.4, -0.2) is 15.9 Å². The van der Waals surface area contributed by atoms with Gasteiger partial charge in [-0.15, -0.1) is 0 Å². The lowest BCUT2D eigenvalue weighted by atomic mass is 10.2. The number of amides is 1. The molecule has 0 aliphatic heterocycles. The Balaban J connectivity index is 1.74. The van der Waals surface area contributed by atoms with Crippen LogP contribution in [0.25, 0.3) is 0 Å². The van der Waals surface area contributed by atoms with Crippen molar-refractivity contribution in [3.63, 3.8) is 0 Å². The van der Waals surface area contributed by atoms with Gasteiger partial charge in [0.15, 0.2) is 0 Å². The van der Waals surface area contributed by atoms with Crippen LogP contribution in [0.15, 0.2) is 60.8 Å². The fourth-order valence-electron chi connectivity index (χ4n) is 2.13. The van der Waals surface area contributed by atoms with E-state index < -0.39 is 0 Å². The minimum atomic E-state index is -0.313. The zero-order valence-corrected chi connectivity index (χ0v) is 13.7. The van der Waals surface area contributed by atoms with Gasteiger partial charge in [-0.1, -0.05) is 23.7 Å². The Morgan fingerprint density at radius 1 is 1.04 bits per heavy atom. The maximum Gasteiger partial charge on any atom is 0.274 e. The molecule has 5 nitrogen and oxygen atoms in total. The average Bonchev–Trinajstić information content (AvgIpc) is 2.57. The van der Waals surface area contributed by atoms with Crippen LogP contribution in [0, 0.1) is 6.92 Å². The summed E-state index contributed by atoms with van der Waals surface area (Å²) in [5.41, 5.74) is 2.91. The number of anilines is 3. The van der Waals surface area contributed by atoms with Gasteiger partial charge in [0.05, 0.1) is 0 Å². The number of hydrogen-bond donors (Lipinski definition) is 2. The molecule has 0 bridgehead atoms. The molecule has 1 aromatic heterocycles. The largest absolute Gasteiger partial charge is 0.324 e. The molecule has 0 saturated carbocycles. The van der Waals surface area contributed by atoms with E-state index in [4.69, 9.17) is 11.6 Å². The minimum Gasteiger partial charge on any atom is -0.324 e. The number of carbonyl (C=O) groups is 1. The summed E-state index contributed by atoms with van der Waals surface area (Å²) in [6, 6.07) is 16.3. The Bertz CT molecular complexity index is 865. The van der Waals surface area contributed by atoms with Crippen LogP contribution in [0.1, 0.15) is 16.1 Å². The van der Waals surface area contributed by atoms with Gasteiger partial charge in [0.25, 0.3) is 5.91 Å². The van der Waals surface area contributed by atoms with Crippen molar-refractivity contribution < 1.29 is 4.79 Å². The van der Waals surface area contributed by atoms with Gasteiger partial charge < -0.3 is 10.6 Å². The van der Waals surface area contributed by atoms with Gasteiger partial charge in [-0.2, -0.15) is 0 Å². The van der Waals surface area contributed by atoms with E-state index >= 15 is 0 Å². The number of carbonyl (C=O) groups excluding carboxylic acids is 1. The van der Waals surface area contributed by atoms with Crippen molar-refractivity contribution in [2.75, 3.05) is 10.6 Å². The number of rotatable bonds is 4. The quantitative estimate of drug-likeness (QED) is 0.738. The summed E-state index contributed by atoms with van der Waals surface area (Å²) < 4.78 is 0. The van der Waals surface area contributed by atoms with E-state index in [9.17, 15) is 4.79 Å². The maximum absolute atomic E-state index is 12.3. The topological polar surface area (TPSA) is 66.9 Å². The number of halogens is 1. The first-order valence-corrected chi connectivity index (χ1v) is 7.71. The molecule has 120 valence electrons. The van der Waals surface area contributed by atoms with Crippen molar-refractivity contribution in [3.8, 4) is 0 Å². The molecule has 0 atom stereocenters. The van der Waals surface area contributed by atoms with Crippen molar-refractivity contribution in [2.24, 2.45) is 0 Å². The molecule has 1 heterocycles. The molecule has 0 unspecified atom stereocenters. The summed E-state index contributed by atoms with van der Waals surface area (Å²) in [5, 5.41) is 6.47. The molecule has 0 saturated heterocycles. The number of aromatic nitrogens is 2. The van der Waals surface area contributed by atoms with Crippen molar-refractivity contribution in [3.05, 3.63) is 77.1 Å². The van der Waals surface area contributed by atoms with Crippen LogP contribution < -0.4 is 10.6 Å².